The van der Waals surface area contributed by atoms with Crippen LogP contribution in [0.1, 0.15) is 0 Å². The predicted molar refractivity (Wildman–Crippen MR) is 180 cm³/mol. The minimum atomic E-state index is 0.899. The number of aromatic amines is 1. The number of rotatable bonds is 6. The van der Waals surface area contributed by atoms with Crippen LogP contribution in [-0.2, 0) is 0 Å². The molecule has 0 aliphatic heterocycles. The van der Waals surface area contributed by atoms with Crippen molar-refractivity contribution in [1.82, 2.24) is 15.2 Å². The summed E-state index contributed by atoms with van der Waals surface area (Å²) in [6.07, 6.45) is 0. The number of para-hydroxylation sites is 2. The molecule has 1 N–H and O–H groups in total. The number of hydrogen-bond donors (Lipinski definition) is 1. The van der Waals surface area contributed by atoms with Gasteiger partial charge in [0.05, 0.1) is 0 Å². The normalized spacial score (nSPS) is 11.3. The van der Waals surface area contributed by atoms with E-state index in [1.807, 2.05) is 12.1 Å². The summed E-state index contributed by atoms with van der Waals surface area (Å²) in [5.41, 5.74) is 10.0. The number of benzene rings is 6. The van der Waals surface area contributed by atoms with Crippen molar-refractivity contribution in [2.24, 2.45) is 0 Å². The molecule has 0 bridgehead atoms. The minimum absolute atomic E-state index is 0.899. The predicted octanol–water partition coefficient (Wildman–Crippen LogP) is 10.6. The third-order valence-corrected chi connectivity index (χ3v) is 8.80. The van der Waals surface area contributed by atoms with Crippen LogP contribution in [0.3, 0.4) is 0 Å². The van der Waals surface area contributed by atoms with Crippen molar-refractivity contribution in [3.63, 3.8) is 0 Å². The van der Waals surface area contributed by atoms with Gasteiger partial charge in [-0.2, -0.15) is 0 Å². The molecule has 0 fully saturated rings. The molecular formula is C38H26N4S. The highest BCUT2D eigenvalue weighted by atomic mass is 32.1. The Balaban J connectivity index is 1.12. The molecule has 5 heteroatoms. The molecule has 0 radical (unpaired) electrons. The molecule has 204 valence electrons. The number of fused-ring (bicyclic) bond motifs is 3. The Labute approximate surface area is 253 Å². The Kier molecular flexibility index (Phi) is 6.28. The van der Waals surface area contributed by atoms with E-state index < -0.39 is 0 Å². The Hall–Kier alpha value is -5.52. The number of H-pyrrole nitrogens is 1. The first-order chi connectivity index (χ1) is 21.3. The molecule has 0 saturated carbocycles. The fraction of sp³-hybridized carbons (Fsp3) is 0. The van der Waals surface area contributed by atoms with Crippen molar-refractivity contribution in [1.29, 1.82) is 0 Å². The van der Waals surface area contributed by atoms with E-state index in [9.17, 15) is 0 Å². The fourth-order valence-corrected chi connectivity index (χ4v) is 6.52. The first-order valence-electron chi connectivity index (χ1n) is 14.3. The van der Waals surface area contributed by atoms with Gasteiger partial charge >= 0.3 is 0 Å². The van der Waals surface area contributed by atoms with Crippen molar-refractivity contribution in [3.8, 4) is 32.3 Å². The van der Waals surface area contributed by atoms with Crippen molar-refractivity contribution >= 4 is 50.2 Å². The molecule has 8 rings (SSSR count). The number of anilines is 3. The lowest BCUT2D eigenvalue weighted by atomic mass is 10.0. The molecule has 0 aliphatic carbocycles. The standard InChI is InChI=1S/C38H26N4S/c1-3-10-26(11-4-1)28-12-9-15-32(24-28)42(30-13-5-2-6-14-30)31-21-18-27(19-22-31)37-40-41-38(43-37)29-20-23-34-33-16-7-8-17-35(33)39-36(34)25-29/h1-25,39H. The van der Waals surface area contributed by atoms with Crippen molar-refractivity contribution < 1.29 is 0 Å². The summed E-state index contributed by atoms with van der Waals surface area (Å²) in [5, 5.41) is 13.4. The summed E-state index contributed by atoms with van der Waals surface area (Å²) in [5.74, 6) is 0. The highest BCUT2D eigenvalue weighted by Crippen LogP contribution is 2.38. The molecular weight excluding hydrogens is 545 g/mol. The maximum atomic E-state index is 4.57. The van der Waals surface area contributed by atoms with Crippen LogP contribution in [0.15, 0.2) is 152 Å². The minimum Gasteiger partial charge on any atom is -0.354 e. The molecule has 0 amide bonds. The van der Waals surface area contributed by atoms with E-state index in [1.54, 1.807) is 11.3 Å². The molecule has 0 unspecified atom stereocenters. The summed E-state index contributed by atoms with van der Waals surface area (Å²) in [6, 6.07) is 53.2. The van der Waals surface area contributed by atoms with Crippen molar-refractivity contribution in [2.75, 3.05) is 4.90 Å². The summed E-state index contributed by atoms with van der Waals surface area (Å²) >= 11 is 1.61. The van der Waals surface area contributed by atoms with Crippen LogP contribution in [0.5, 0.6) is 0 Å². The van der Waals surface area contributed by atoms with Crippen molar-refractivity contribution in [2.45, 2.75) is 0 Å². The quantitative estimate of drug-likeness (QED) is 0.216. The lowest BCUT2D eigenvalue weighted by Crippen LogP contribution is -2.09. The van der Waals surface area contributed by atoms with Gasteiger partial charge in [-0.05, 0) is 71.8 Å². The summed E-state index contributed by atoms with van der Waals surface area (Å²) in [4.78, 5) is 5.82. The van der Waals surface area contributed by atoms with Gasteiger partial charge in [-0.15, -0.1) is 10.2 Å². The summed E-state index contributed by atoms with van der Waals surface area (Å²) in [7, 11) is 0. The van der Waals surface area contributed by atoms with Gasteiger partial charge in [-0.1, -0.05) is 102 Å². The molecule has 2 heterocycles. The van der Waals surface area contributed by atoms with Crippen LogP contribution >= 0.6 is 11.3 Å². The third-order valence-electron chi connectivity index (χ3n) is 7.78. The van der Waals surface area contributed by atoms with Crippen molar-refractivity contribution in [3.05, 3.63) is 152 Å². The number of nitrogens with one attached hydrogen (secondary N) is 1. The second kappa shape index (κ2) is 10.7. The SMILES string of the molecule is c1ccc(-c2cccc(N(c3ccccc3)c3ccc(-c4nnc(-c5ccc6c(c5)[nH]c5ccccc56)s4)cc3)c2)cc1. The largest absolute Gasteiger partial charge is 0.354 e. The molecule has 0 saturated heterocycles. The van der Waals surface area contributed by atoms with E-state index in [0.717, 1.165) is 49.2 Å². The zero-order valence-electron chi connectivity index (χ0n) is 23.2. The molecule has 0 atom stereocenters. The maximum absolute atomic E-state index is 4.57. The van der Waals surface area contributed by atoms with Gasteiger partial charge < -0.3 is 9.88 Å². The Morgan fingerprint density at radius 1 is 0.419 bits per heavy atom. The summed E-state index contributed by atoms with van der Waals surface area (Å²) < 4.78 is 0. The Morgan fingerprint density at radius 3 is 1.84 bits per heavy atom. The lowest BCUT2D eigenvalue weighted by Gasteiger charge is -2.26. The van der Waals surface area contributed by atoms with Gasteiger partial charge in [0.1, 0.15) is 10.0 Å². The van der Waals surface area contributed by atoms with E-state index in [4.69, 9.17) is 0 Å². The Bertz CT molecular complexity index is 2180. The second-order valence-electron chi connectivity index (χ2n) is 10.5. The number of aromatic nitrogens is 3. The highest BCUT2D eigenvalue weighted by molar-refractivity contribution is 7.17. The van der Waals surface area contributed by atoms with Crippen LogP contribution < -0.4 is 4.90 Å². The van der Waals surface area contributed by atoms with Gasteiger partial charge in [0, 0.05) is 50.0 Å². The van der Waals surface area contributed by atoms with Gasteiger partial charge in [0.15, 0.2) is 0 Å². The van der Waals surface area contributed by atoms with Crippen LogP contribution in [0.4, 0.5) is 17.1 Å². The van der Waals surface area contributed by atoms with E-state index in [-0.39, 0.29) is 0 Å². The van der Waals surface area contributed by atoms with Gasteiger partial charge in [-0.3, -0.25) is 0 Å². The lowest BCUT2D eigenvalue weighted by molar-refractivity contribution is 1.10. The second-order valence-corrected chi connectivity index (χ2v) is 11.5. The third kappa shape index (κ3) is 4.76. The maximum Gasteiger partial charge on any atom is 0.148 e. The van der Waals surface area contributed by atoms with E-state index in [2.05, 4.69) is 160 Å². The molecule has 2 aromatic heterocycles. The molecule has 0 spiro atoms. The van der Waals surface area contributed by atoms with Crippen LogP contribution in [0, 0.1) is 0 Å². The van der Waals surface area contributed by atoms with Crippen LogP contribution in [-0.4, -0.2) is 15.2 Å². The molecule has 6 aromatic carbocycles. The molecule has 43 heavy (non-hydrogen) atoms. The average molecular weight is 571 g/mol. The highest BCUT2D eigenvalue weighted by Gasteiger charge is 2.15. The van der Waals surface area contributed by atoms with Crippen LogP contribution in [0.25, 0.3) is 54.1 Å². The first kappa shape index (κ1) is 25.2. The number of hydrogen-bond acceptors (Lipinski definition) is 4. The van der Waals surface area contributed by atoms with Gasteiger partial charge in [-0.25, -0.2) is 0 Å². The molecule has 0 aliphatic rings. The smallest absolute Gasteiger partial charge is 0.148 e. The first-order valence-corrected chi connectivity index (χ1v) is 15.1. The van der Waals surface area contributed by atoms with Gasteiger partial charge in [0.25, 0.3) is 0 Å². The Morgan fingerprint density at radius 2 is 1.02 bits per heavy atom. The molecule has 8 aromatic rings. The zero-order valence-corrected chi connectivity index (χ0v) is 24.0. The van der Waals surface area contributed by atoms with E-state index >= 15 is 0 Å². The average Bonchev–Trinajstić information content (AvgIpc) is 3.72. The van der Waals surface area contributed by atoms with Crippen LogP contribution in [0.2, 0.25) is 0 Å². The number of nitrogens with zero attached hydrogens (tertiary/aromatic N) is 3. The topological polar surface area (TPSA) is 44.8 Å². The summed E-state index contributed by atoms with van der Waals surface area (Å²) in [6.45, 7) is 0. The zero-order chi connectivity index (χ0) is 28.6. The molecule has 4 nitrogen and oxygen atoms in total. The van der Waals surface area contributed by atoms with Gasteiger partial charge in [0.2, 0.25) is 0 Å². The van der Waals surface area contributed by atoms with E-state index in [1.165, 1.54) is 21.9 Å². The van der Waals surface area contributed by atoms with E-state index in [0.29, 0.717) is 0 Å². The fourth-order valence-electron chi connectivity index (χ4n) is 5.68. The monoisotopic (exact) mass is 570 g/mol.